The van der Waals surface area contributed by atoms with E-state index in [0.29, 0.717) is 6.42 Å². The molecule has 0 aromatic heterocycles. The fourth-order valence-corrected chi connectivity index (χ4v) is 2.27. The number of phosphoric acid groups is 1. The van der Waals surface area contributed by atoms with Crippen LogP contribution in [0.15, 0.2) is 12.2 Å². The molecule has 146 valence electrons. The van der Waals surface area contributed by atoms with Crippen LogP contribution in [0.1, 0.15) is 96.8 Å². The van der Waals surface area contributed by atoms with Gasteiger partial charge in [0.15, 0.2) is 0 Å². The van der Waals surface area contributed by atoms with Gasteiger partial charge in [-0.3, -0.25) is 6.29 Å². The summed E-state index contributed by atoms with van der Waals surface area (Å²) in [7, 11) is -4.64. The van der Waals surface area contributed by atoms with Gasteiger partial charge in [0.25, 0.3) is 0 Å². The molecule has 0 saturated carbocycles. The van der Waals surface area contributed by atoms with Gasteiger partial charge >= 0.3 is 7.82 Å². The van der Waals surface area contributed by atoms with E-state index in [1.807, 2.05) is 6.29 Å². The van der Waals surface area contributed by atoms with Crippen molar-refractivity contribution in [1.82, 2.24) is 0 Å². The molecular formula is C18H36O5PZn-. The Morgan fingerprint density at radius 2 is 1.12 bits per heavy atom. The Kier molecular flexibility index (Phi) is 28.9. The van der Waals surface area contributed by atoms with Gasteiger partial charge in [0.2, 0.25) is 0 Å². The average Bonchev–Trinajstić information content (AvgIpc) is 2.49. The minimum absolute atomic E-state index is 0. The van der Waals surface area contributed by atoms with E-state index in [4.69, 9.17) is 19.2 Å². The molecule has 0 atom stereocenters. The zero-order chi connectivity index (χ0) is 18.5. The maximum absolute atomic E-state index is 10.0. The smallest absolute Gasteiger partial charge is 0.466 e. The molecule has 0 amide bonds. The molecule has 0 aliphatic carbocycles. The molecule has 0 radical (unpaired) electrons. The molecule has 0 aromatic rings. The van der Waals surface area contributed by atoms with E-state index in [0.717, 1.165) is 6.42 Å². The molecule has 0 unspecified atom stereocenters. The van der Waals surface area contributed by atoms with E-state index in [1.54, 1.807) is 0 Å². The molecule has 0 spiro atoms. The zero-order valence-electron chi connectivity index (χ0n) is 15.9. The minimum atomic E-state index is -4.64. The van der Waals surface area contributed by atoms with Crippen LogP contribution in [0, 0.1) is 0 Å². The van der Waals surface area contributed by atoms with E-state index in [1.165, 1.54) is 77.0 Å². The molecule has 0 rings (SSSR count). The first-order valence-corrected chi connectivity index (χ1v) is 10.8. The van der Waals surface area contributed by atoms with Crippen LogP contribution < -0.4 is 0 Å². The molecule has 0 aliphatic rings. The van der Waals surface area contributed by atoms with Crippen LogP contribution in [-0.4, -0.2) is 21.0 Å². The van der Waals surface area contributed by atoms with Crippen LogP contribution in [0.2, 0.25) is 0 Å². The number of hydrogen-bond acceptors (Lipinski definition) is 2. The number of unbranched alkanes of at least 4 members (excludes halogenated alkanes) is 12. The molecule has 0 bridgehead atoms. The zero-order valence-corrected chi connectivity index (χ0v) is 19.7. The quantitative estimate of drug-likeness (QED) is 0.109. The second-order valence-electron chi connectivity index (χ2n) is 5.99. The van der Waals surface area contributed by atoms with Gasteiger partial charge in [-0.25, -0.2) is 4.57 Å². The maximum Gasteiger partial charge on any atom is 0.466 e. The Morgan fingerprint density at radius 3 is 1.52 bits per heavy atom. The first-order valence-electron chi connectivity index (χ1n) is 9.20. The number of rotatable bonds is 15. The van der Waals surface area contributed by atoms with Crippen LogP contribution in [0.5, 0.6) is 0 Å². The topological polar surface area (TPSA) is 94.8 Å². The Hall–Kier alpha value is 0.143. The number of hydrogen-bond donors (Lipinski definition) is 3. The molecule has 0 heterocycles. The summed E-state index contributed by atoms with van der Waals surface area (Å²) in [4.78, 5) is 31.6. The molecule has 3 N–H and O–H groups in total. The summed E-state index contributed by atoms with van der Waals surface area (Å²) in [6, 6.07) is 0. The standard InChI is InChI=1S/C18H33O.H3O4P.Zn/c1-2-3-4-5-6-7-8-9-10-11-12-13-14-15-16-17-18-19;1-5(2,3)4;/h9-10H,2-8,11-17H2,1H3;(H3,1,2,3,4);/q-1;;/b10-9-;;. The summed E-state index contributed by atoms with van der Waals surface area (Å²) >= 11 is 0. The van der Waals surface area contributed by atoms with Crippen LogP contribution in [-0.2, 0) is 28.8 Å². The van der Waals surface area contributed by atoms with E-state index in [9.17, 15) is 4.79 Å². The fourth-order valence-electron chi connectivity index (χ4n) is 2.27. The predicted octanol–water partition coefficient (Wildman–Crippen LogP) is 5.20. The Morgan fingerprint density at radius 1 is 0.760 bits per heavy atom. The van der Waals surface area contributed by atoms with Gasteiger partial charge in [0.05, 0.1) is 0 Å². The molecular weight excluding hydrogens is 393 g/mol. The van der Waals surface area contributed by atoms with Gasteiger partial charge in [0, 0.05) is 19.5 Å². The third kappa shape index (κ3) is 45.4. The Bertz CT molecular complexity index is 323. The maximum atomic E-state index is 10.0. The van der Waals surface area contributed by atoms with Gasteiger partial charge in [-0.15, -0.1) is 0 Å². The van der Waals surface area contributed by atoms with Crippen molar-refractivity contribution in [3.8, 4) is 0 Å². The monoisotopic (exact) mass is 427 g/mol. The summed E-state index contributed by atoms with van der Waals surface area (Å²) in [6.45, 7) is 2.27. The third-order valence-electron chi connectivity index (χ3n) is 3.54. The van der Waals surface area contributed by atoms with Gasteiger partial charge in [0.1, 0.15) is 0 Å². The predicted molar refractivity (Wildman–Crippen MR) is 99.4 cm³/mol. The van der Waals surface area contributed by atoms with Crippen molar-refractivity contribution < 1.29 is 43.5 Å². The molecule has 5 nitrogen and oxygen atoms in total. The van der Waals surface area contributed by atoms with E-state index in [-0.39, 0.29) is 19.5 Å². The van der Waals surface area contributed by atoms with Crippen LogP contribution >= 0.6 is 7.82 Å². The molecule has 0 fully saturated rings. The van der Waals surface area contributed by atoms with Gasteiger partial charge < -0.3 is 19.5 Å². The van der Waals surface area contributed by atoms with Crippen LogP contribution in [0.4, 0.5) is 0 Å². The molecule has 0 aromatic carbocycles. The molecule has 7 heteroatoms. The van der Waals surface area contributed by atoms with Gasteiger partial charge in [-0.2, -0.15) is 6.42 Å². The van der Waals surface area contributed by atoms with Crippen molar-refractivity contribution >= 4 is 14.1 Å². The first kappa shape index (κ1) is 29.9. The normalized spacial score (nSPS) is 10.9. The second kappa shape index (κ2) is 24.1. The van der Waals surface area contributed by atoms with E-state index >= 15 is 0 Å². The van der Waals surface area contributed by atoms with E-state index < -0.39 is 7.82 Å². The van der Waals surface area contributed by atoms with Gasteiger partial charge in [-0.05, 0) is 25.7 Å². The third-order valence-corrected chi connectivity index (χ3v) is 3.54. The van der Waals surface area contributed by atoms with Crippen LogP contribution in [0.3, 0.4) is 0 Å². The molecule has 25 heavy (non-hydrogen) atoms. The van der Waals surface area contributed by atoms with Crippen molar-refractivity contribution in [2.45, 2.75) is 96.8 Å². The van der Waals surface area contributed by atoms with Crippen molar-refractivity contribution in [3.05, 3.63) is 12.2 Å². The van der Waals surface area contributed by atoms with Crippen molar-refractivity contribution in [3.63, 3.8) is 0 Å². The van der Waals surface area contributed by atoms with Crippen molar-refractivity contribution in [2.75, 3.05) is 0 Å². The minimum Gasteiger partial charge on any atom is -0.542 e. The summed E-state index contributed by atoms with van der Waals surface area (Å²) < 4.78 is 8.88. The summed E-state index contributed by atoms with van der Waals surface area (Å²) in [5.41, 5.74) is 0. The molecule has 0 saturated heterocycles. The van der Waals surface area contributed by atoms with E-state index in [2.05, 4.69) is 19.1 Å². The second-order valence-corrected chi connectivity index (χ2v) is 7.02. The Labute approximate surface area is 166 Å². The summed E-state index contributed by atoms with van der Waals surface area (Å²) in [5.74, 6) is 0. The summed E-state index contributed by atoms with van der Waals surface area (Å²) in [6.07, 6.45) is 24.2. The largest absolute Gasteiger partial charge is 0.542 e. The van der Waals surface area contributed by atoms with Crippen LogP contribution in [0.25, 0.3) is 0 Å². The summed E-state index contributed by atoms with van der Waals surface area (Å²) in [5, 5.41) is 0. The van der Waals surface area contributed by atoms with Gasteiger partial charge in [-0.1, -0.05) is 76.9 Å². The number of carbonyl (C=O) groups excluding carboxylic acids is 1. The van der Waals surface area contributed by atoms with Crippen molar-refractivity contribution in [1.29, 1.82) is 0 Å². The average molecular weight is 429 g/mol. The van der Waals surface area contributed by atoms with Crippen molar-refractivity contribution in [2.24, 2.45) is 0 Å². The Balaban J connectivity index is -0.000000704. The first-order chi connectivity index (χ1) is 11.4. The fraction of sp³-hybridized carbons (Fsp3) is 0.833. The number of allylic oxidation sites excluding steroid dienone is 2. The SMILES string of the molecule is CCCCCCCC/C=C\CCCCCCC[C-]=O.O=P(O)(O)O.[Zn]. The molecule has 0 aliphatic heterocycles.